The van der Waals surface area contributed by atoms with Crippen molar-refractivity contribution in [2.75, 3.05) is 12.8 Å². The SMILES string of the molecule is COc1cc(Cl)ccc1C(Cc1cccnc1N)NN. The molecule has 0 spiro atoms. The monoisotopic (exact) mass is 292 g/mol. The standard InChI is InChI=1S/C14H17ClN4O/c1-20-13-8-10(15)4-5-11(13)12(19-17)7-9-3-2-6-18-14(9)16/h2-6,8,12,19H,7,17H2,1H3,(H2,16,18). The second-order valence-electron chi connectivity index (χ2n) is 4.36. The molecule has 6 heteroatoms. The van der Waals surface area contributed by atoms with E-state index in [0.717, 1.165) is 11.1 Å². The zero-order chi connectivity index (χ0) is 14.5. The summed E-state index contributed by atoms with van der Waals surface area (Å²) < 4.78 is 5.35. The second kappa shape index (κ2) is 6.56. The first kappa shape index (κ1) is 14.6. The lowest BCUT2D eigenvalue weighted by molar-refractivity contribution is 0.399. The third-order valence-corrected chi connectivity index (χ3v) is 3.36. The van der Waals surface area contributed by atoms with Crippen molar-refractivity contribution in [3.8, 4) is 5.75 Å². The van der Waals surface area contributed by atoms with Crippen LogP contribution in [0, 0.1) is 0 Å². The summed E-state index contributed by atoms with van der Waals surface area (Å²) >= 11 is 5.97. The fraction of sp³-hybridized carbons (Fsp3) is 0.214. The number of nitrogens with one attached hydrogen (secondary N) is 1. The number of benzene rings is 1. The van der Waals surface area contributed by atoms with Crippen LogP contribution in [0.4, 0.5) is 5.82 Å². The number of aromatic nitrogens is 1. The van der Waals surface area contributed by atoms with Crippen LogP contribution in [0.15, 0.2) is 36.5 Å². The van der Waals surface area contributed by atoms with Gasteiger partial charge in [-0.3, -0.25) is 11.3 Å². The van der Waals surface area contributed by atoms with Gasteiger partial charge in [-0.05, 0) is 30.2 Å². The third-order valence-electron chi connectivity index (χ3n) is 3.12. The highest BCUT2D eigenvalue weighted by atomic mass is 35.5. The Morgan fingerprint density at radius 2 is 2.20 bits per heavy atom. The molecule has 0 saturated carbocycles. The predicted molar refractivity (Wildman–Crippen MR) is 80.4 cm³/mol. The summed E-state index contributed by atoms with van der Waals surface area (Å²) in [4.78, 5) is 4.07. The van der Waals surface area contributed by atoms with E-state index in [1.807, 2.05) is 18.2 Å². The van der Waals surface area contributed by atoms with Gasteiger partial charge in [0.15, 0.2) is 0 Å². The Morgan fingerprint density at radius 3 is 2.85 bits per heavy atom. The molecule has 1 atom stereocenters. The molecule has 5 nitrogen and oxygen atoms in total. The lowest BCUT2D eigenvalue weighted by atomic mass is 9.99. The van der Waals surface area contributed by atoms with Gasteiger partial charge in [0.05, 0.1) is 13.2 Å². The second-order valence-corrected chi connectivity index (χ2v) is 4.79. The lowest BCUT2D eigenvalue weighted by Crippen LogP contribution is -2.30. The molecule has 0 aliphatic carbocycles. The molecule has 0 aliphatic rings. The summed E-state index contributed by atoms with van der Waals surface area (Å²) in [5.41, 5.74) is 10.5. The van der Waals surface area contributed by atoms with E-state index in [-0.39, 0.29) is 6.04 Å². The first-order valence-corrected chi connectivity index (χ1v) is 6.52. The maximum absolute atomic E-state index is 5.97. The van der Waals surface area contributed by atoms with E-state index in [2.05, 4.69) is 10.4 Å². The van der Waals surface area contributed by atoms with Crippen molar-refractivity contribution >= 4 is 17.4 Å². The van der Waals surface area contributed by atoms with Crippen molar-refractivity contribution in [2.45, 2.75) is 12.5 Å². The van der Waals surface area contributed by atoms with Gasteiger partial charge in [-0.25, -0.2) is 4.98 Å². The van der Waals surface area contributed by atoms with Gasteiger partial charge in [-0.1, -0.05) is 23.7 Å². The number of ether oxygens (including phenoxy) is 1. The number of hydrogen-bond donors (Lipinski definition) is 3. The summed E-state index contributed by atoms with van der Waals surface area (Å²) in [6.45, 7) is 0. The fourth-order valence-electron chi connectivity index (χ4n) is 2.07. The molecule has 1 unspecified atom stereocenters. The maximum Gasteiger partial charge on any atom is 0.126 e. The normalized spacial score (nSPS) is 12.2. The minimum absolute atomic E-state index is 0.145. The van der Waals surface area contributed by atoms with Crippen molar-refractivity contribution in [1.29, 1.82) is 0 Å². The molecule has 1 aromatic carbocycles. The first-order valence-electron chi connectivity index (χ1n) is 6.14. The van der Waals surface area contributed by atoms with Gasteiger partial charge >= 0.3 is 0 Å². The molecule has 5 N–H and O–H groups in total. The minimum atomic E-state index is -0.145. The molecule has 1 aromatic heterocycles. The molecule has 0 saturated heterocycles. The Balaban J connectivity index is 2.31. The molecule has 2 aromatic rings. The number of nitrogens with zero attached hydrogens (tertiary/aromatic N) is 1. The van der Waals surface area contributed by atoms with Crippen LogP contribution < -0.4 is 21.7 Å². The molecule has 0 fully saturated rings. The Bertz CT molecular complexity index is 591. The molecular formula is C14H17ClN4O. The number of pyridine rings is 1. The molecular weight excluding hydrogens is 276 g/mol. The van der Waals surface area contributed by atoms with E-state index in [0.29, 0.717) is 23.0 Å². The van der Waals surface area contributed by atoms with Crippen molar-refractivity contribution in [2.24, 2.45) is 5.84 Å². The number of methoxy groups -OCH3 is 1. The Morgan fingerprint density at radius 1 is 1.40 bits per heavy atom. The summed E-state index contributed by atoms with van der Waals surface area (Å²) in [6, 6.07) is 9.07. The Hall–Kier alpha value is -1.82. The molecule has 0 aliphatic heterocycles. The first-order chi connectivity index (χ1) is 9.65. The largest absolute Gasteiger partial charge is 0.496 e. The number of halogens is 1. The molecule has 20 heavy (non-hydrogen) atoms. The summed E-state index contributed by atoms with van der Waals surface area (Å²) in [6.07, 6.45) is 2.26. The number of hydrogen-bond acceptors (Lipinski definition) is 5. The maximum atomic E-state index is 5.97. The molecule has 0 bridgehead atoms. The number of nitrogen functional groups attached to an aromatic ring is 1. The highest BCUT2D eigenvalue weighted by Crippen LogP contribution is 2.30. The van der Waals surface area contributed by atoms with Gasteiger partial charge < -0.3 is 10.5 Å². The highest BCUT2D eigenvalue weighted by molar-refractivity contribution is 6.30. The zero-order valence-electron chi connectivity index (χ0n) is 11.1. The summed E-state index contributed by atoms with van der Waals surface area (Å²) in [5, 5.41) is 0.613. The number of nitrogens with two attached hydrogens (primary N) is 2. The van der Waals surface area contributed by atoms with Crippen LogP contribution >= 0.6 is 11.6 Å². The predicted octanol–water partition coefficient (Wildman–Crippen LogP) is 2.07. The quantitative estimate of drug-likeness (QED) is 0.580. The van der Waals surface area contributed by atoms with Crippen molar-refractivity contribution in [3.63, 3.8) is 0 Å². The zero-order valence-corrected chi connectivity index (χ0v) is 11.9. The van der Waals surface area contributed by atoms with Crippen molar-refractivity contribution in [3.05, 3.63) is 52.7 Å². The Kier molecular flexibility index (Phi) is 4.79. The van der Waals surface area contributed by atoms with Gasteiger partial charge in [0.25, 0.3) is 0 Å². The Labute approximate surface area is 122 Å². The van der Waals surface area contributed by atoms with Crippen LogP contribution in [0.1, 0.15) is 17.2 Å². The molecule has 0 amide bonds. The van der Waals surface area contributed by atoms with Crippen LogP contribution in [-0.2, 0) is 6.42 Å². The van der Waals surface area contributed by atoms with Crippen LogP contribution in [0.5, 0.6) is 5.75 Å². The van der Waals surface area contributed by atoms with Crippen LogP contribution in [0.25, 0.3) is 0 Å². The van der Waals surface area contributed by atoms with Crippen LogP contribution in [0.2, 0.25) is 5.02 Å². The van der Waals surface area contributed by atoms with Gasteiger partial charge in [0.1, 0.15) is 11.6 Å². The van der Waals surface area contributed by atoms with Crippen molar-refractivity contribution < 1.29 is 4.74 Å². The number of anilines is 1. The molecule has 106 valence electrons. The summed E-state index contributed by atoms with van der Waals surface area (Å²) in [5.74, 6) is 6.85. The third kappa shape index (κ3) is 3.19. The van der Waals surface area contributed by atoms with Gasteiger partial charge in [-0.15, -0.1) is 0 Å². The van der Waals surface area contributed by atoms with E-state index in [9.17, 15) is 0 Å². The van der Waals surface area contributed by atoms with Gasteiger partial charge in [0, 0.05) is 16.8 Å². The smallest absolute Gasteiger partial charge is 0.126 e. The summed E-state index contributed by atoms with van der Waals surface area (Å²) in [7, 11) is 1.60. The fourth-order valence-corrected chi connectivity index (χ4v) is 2.24. The molecule has 0 radical (unpaired) electrons. The number of hydrazine groups is 1. The van der Waals surface area contributed by atoms with Gasteiger partial charge in [-0.2, -0.15) is 0 Å². The van der Waals surface area contributed by atoms with Crippen molar-refractivity contribution in [1.82, 2.24) is 10.4 Å². The van der Waals surface area contributed by atoms with E-state index >= 15 is 0 Å². The lowest BCUT2D eigenvalue weighted by Gasteiger charge is -2.20. The van der Waals surface area contributed by atoms with Gasteiger partial charge in [0.2, 0.25) is 0 Å². The van der Waals surface area contributed by atoms with E-state index < -0.39 is 0 Å². The highest BCUT2D eigenvalue weighted by Gasteiger charge is 2.17. The number of rotatable bonds is 5. The average molecular weight is 293 g/mol. The van der Waals surface area contributed by atoms with E-state index in [4.69, 9.17) is 27.9 Å². The minimum Gasteiger partial charge on any atom is -0.496 e. The van der Waals surface area contributed by atoms with Crippen LogP contribution in [-0.4, -0.2) is 12.1 Å². The topological polar surface area (TPSA) is 86.2 Å². The van der Waals surface area contributed by atoms with Crippen LogP contribution in [0.3, 0.4) is 0 Å². The molecule has 2 rings (SSSR count). The van der Waals surface area contributed by atoms with E-state index in [1.54, 1.807) is 25.4 Å². The molecule has 1 heterocycles. The van der Waals surface area contributed by atoms with E-state index in [1.165, 1.54) is 0 Å². The average Bonchev–Trinajstić information content (AvgIpc) is 2.46.